The van der Waals surface area contributed by atoms with Gasteiger partial charge in [-0.25, -0.2) is 4.79 Å². The molecule has 18 heavy (non-hydrogen) atoms. The zero-order valence-corrected chi connectivity index (χ0v) is 10.6. The fourth-order valence-corrected chi connectivity index (χ4v) is 2.75. The predicted octanol–water partition coefficient (Wildman–Crippen LogP) is 1.87. The number of urea groups is 1. The molecule has 94 valence electrons. The van der Waals surface area contributed by atoms with Crippen LogP contribution in [-0.4, -0.2) is 24.1 Å². The molecular weight excluding hydrogens is 226 g/mol. The molecule has 2 aromatic rings. The van der Waals surface area contributed by atoms with Gasteiger partial charge >= 0.3 is 6.03 Å². The summed E-state index contributed by atoms with van der Waals surface area (Å²) in [5, 5.41) is 6.87. The van der Waals surface area contributed by atoms with Crippen LogP contribution in [0.1, 0.15) is 16.8 Å². The number of hydrogen-bond donors (Lipinski definition) is 3. The highest BCUT2D eigenvalue weighted by molar-refractivity contribution is 5.86. The first kappa shape index (κ1) is 11.1. The van der Waals surface area contributed by atoms with Crippen molar-refractivity contribution in [3.05, 3.63) is 35.0 Å². The number of amides is 2. The molecular formula is C14H17N3O. The van der Waals surface area contributed by atoms with Gasteiger partial charge in [0.1, 0.15) is 0 Å². The molecule has 1 atom stereocenters. The van der Waals surface area contributed by atoms with Gasteiger partial charge in [0.15, 0.2) is 0 Å². The minimum absolute atomic E-state index is 0.106. The summed E-state index contributed by atoms with van der Waals surface area (Å²) in [5.74, 6) is 0. The average molecular weight is 243 g/mol. The van der Waals surface area contributed by atoms with Crippen LogP contribution in [0.3, 0.4) is 0 Å². The van der Waals surface area contributed by atoms with Crippen LogP contribution in [0.25, 0.3) is 10.9 Å². The molecule has 0 aliphatic heterocycles. The molecule has 1 heterocycles. The maximum Gasteiger partial charge on any atom is 0.314 e. The molecule has 1 aliphatic rings. The van der Waals surface area contributed by atoms with E-state index in [1.54, 1.807) is 7.05 Å². The summed E-state index contributed by atoms with van der Waals surface area (Å²) in [6.07, 6.45) is 1.79. The second-order valence-electron chi connectivity index (χ2n) is 4.96. The maximum atomic E-state index is 11.3. The average Bonchev–Trinajstić information content (AvgIpc) is 2.86. The van der Waals surface area contributed by atoms with E-state index in [-0.39, 0.29) is 12.1 Å². The molecule has 0 radical (unpaired) electrons. The first-order valence-electron chi connectivity index (χ1n) is 6.25. The minimum Gasteiger partial charge on any atom is -0.358 e. The third-order valence-corrected chi connectivity index (χ3v) is 3.61. The van der Waals surface area contributed by atoms with Gasteiger partial charge in [0.05, 0.1) is 0 Å². The number of nitrogens with one attached hydrogen (secondary N) is 3. The minimum atomic E-state index is -0.106. The van der Waals surface area contributed by atoms with Crippen molar-refractivity contribution >= 4 is 16.9 Å². The topological polar surface area (TPSA) is 56.9 Å². The summed E-state index contributed by atoms with van der Waals surface area (Å²) in [4.78, 5) is 14.8. The number of carbonyl (C=O) groups excluding carboxylic acids is 1. The van der Waals surface area contributed by atoms with Crippen LogP contribution in [0.5, 0.6) is 0 Å². The summed E-state index contributed by atoms with van der Waals surface area (Å²) < 4.78 is 0. The zero-order valence-electron chi connectivity index (χ0n) is 10.6. The molecule has 2 amide bonds. The van der Waals surface area contributed by atoms with E-state index in [0.717, 1.165) is 12.8 Å². The van der Waals surface area contributed by atoms with E-state index >= 15 is 0 Å². The summed E-state index contributed by atoms with van der Waals surface area (Å²) >= 11 is 0. The number of benzene rings is 1. The SMILES string of the molecule is CNC(=O)NC1Cc2[nH]c3ccc(C)cc3c2C1. The highest BCUT2D eigenvalue weighted by Crippen LogP contribution is 2.30. The molecule has 0 spiro atoms. The fraction of sp³-hybridized carbons (Fsp3) is 0.357. The summed E-state index contributed by atoms with van der Waals surface area (Å²) in [7, 11) is 1.64. The quantitative estimate of drug-likeness (QED) is 0.703. The van der Waals surface area contributed by atoms with Crippen LogP contribution < -0.4 is 10.6 Å². The first-order valence-corrected chi connectivity index (χ1v) is 6.25. The Morgan fingerprint density at radius 3 is 3.00 bits per heavy atom. The first-order chi connectivity index (χ1) is 8.67. The standard InChI is InChI=1S/C14H17N3O/c1-8-3-4-12-10(5-8)11-6-9(7-13(11)17-12)16-14(18)15-2/h3-5,9,17H,6-7H2,1-2H3,(H2,15,16,18). The Hall–Kier alpha value is -1.97. The third kappa shape index (κ3) is 1.74. The number of aromatic nitrogens is 1. The van der Waals surface area contributed by atoms with Crippen molar-refractivity contribution in [3.63, 3.8) is 0 Å². The molecule has 1 aliphatic carbocycles. The van der Waals surface area contributed by atoms with Crippen molar-refractivity contribution in [1.29, 1.82) is 0 Å². The second kappa shape index (κ2) is 4.05. The lowest BCUT2D eigenvalue weighted by Crippen LogP contribution is -2.41. The highest BCUT2D eigenvalue weighted by Gasteiger charge is 2.26. The van der Waals surface area contributed by atoms with Crippen LogP contribution in [0.15, 0.2) is 18.2 Å². The molecule has 4 nitrogen and oxygen atoms in total. The van der Waals surface area contributed by atoms with Crippen LogP contribution in [0.2, 0.25) is 0 Å². The number of aromatic amines is 1. The Morgan fingerprint density at radius 2 is 2.22 bits per heavy atom. The lowest BCUT2D eigenvalue weighted by Gasteiger charge is -2.11. The van der Waals surface area contributed by atoms with Crippen LogP contribution in [0.4, 0.5) is 4.79 Å². The molecule has 1 aromatic heterocycles. The van der Waals surface area contributed by atoms with Gasteiger partial charge in [-0.1, -0.05) is 11.6 Å². The van der Waals surface area contributed by atoms with Gasteiger partial charge in [-0.05, 0) is 31.0 Å². The maximum absolute atomic E-state index is 11.3. The molecule has 0 bridgehead atoms. The number of rotatable bonds is 1. The predicted molar refractivity (Wildman–Crippen MR) is 71.8 cm³/mol. The van der Waals surface area contributed by atoms with Crippen LogP contribution in [0, 0.1) is 6.92 Å². The molecule has 0 saturated heterocycles. The highest BCUT2D eigenvalue weighted by atomic mass is 16.2. The van der Waals surface area contributed by atoms with Gasteiger partial charge < -0.3 is 15.6 Å². The van der Waals surface area contributed by atoms with Crippen molar-refractivity contribution in [3.8, 4) is 0 Å². The van der Waals surface area contributed by atoms with Crippen molar-refractivity contribution in [1.82, 2.24) is 15.6 Å². The summed E-state index contributed by atoms with van der Waals surface area (Å²) in [5.41, 5.74) is 5.09. The van der Waals surface area contributed by atoms with Crippen LogP contribution in [-0.2, 0) is 12.8 Å². The van der Waals surface area contributed by atoms with E-state index in [4.69, 9.17) is 0 Å². The van der Waals surface area contributed by atoms with Gasteiger partial charge in [-0.2, -0.15) is 0 Å². The molecule has 1 unspecified atom stereocenters. The molecule has 0 fully saturated rings. The normalized spacial score (nSPS) is 17.8. The summed E-state index contributed by atoms with van der Waals surface area (Å²) in [6.45, 7) is 2.11. The van der Waals surface area contributed by atoms with Gasteiger partial charge in [0.25, 0.3) is 0 Å². The van der Waals surface area contributed by atoms with Gasteiger partial charge in [0.2, 0.25) is 0 Å². The Morgan fingerprint density at radius 1 is 1.39 bits per heavy atom. The van der Waals surface area contributed by atoms with E-state index in [1.807, 2.05) is 0 Å². The molecule has 0 saturated carbocycles. The van der Waals surface area contributed by atoms with E-state index in [2.05, 4.69) is 40.7 Å². The van der Waals surface area contributed by atoms with E-state index in [0.29, 0.717) is 0 Å². The van der Waals surface area contributed by atoms with Gasteiger partial charge in [-0.15, -0.1) is 0 Å². The Bertz CT molecular complexity index is 615. The number of aryl methyl sites for hydroxylation is 1. The zero-order chi connectivity index (χ0) is 12.7. The number of carbonyl (C=O) groups is 1. The summed E-state index contributed by atoms with van der Waals surface area (Å²) in [6, 6.07) is 6.56. The number of H-pyrrole nitrogens is 1. The van der Waals surface area contributed by atoms with Crippen molar-refractivity contribution in [2.75, 3.05) is 7.05 Å². The van der Waals surface area contributed by atoms with Crippen LogP contribution >= 0.6 is 0 Å². The van der Waals surface area contributed by atoms with Gasteiger partial charge in [-0.3, -0.25) is 0 Å². The number of fused-ring (bicyclic) bond motifs is 3. The largest absolute Gasteiger partial charge is 0.358 e. The Kier molecular flexibility index (Phi) is 2.51. The van der Waals surface area contributed by atoms with E-state index in [9.17, 15) is 4.79 Å². The van der Waals surface area contributed by atoms with E-state index in [1.165, 1.54) is 27.7 Å². The van der Waals surface area contributed by atoms with E-state index < -0.39 is 0 Å². The smallest absolute Gasteiger partial charge is 0.314 e. The third-order valence-electron chi connectivity index (χ3n) is 3.61. The van der Waals surface area contributed by atoms with Crippen molar-refractivity contribution < 1.29 is 4.79 Å². The monoisotopic (exact) mass is 243 g/mol. The molecule has 3 N–H and O–H groups in total. The molecule has 1 aromatic carbocycles. The fourth-order valence-electron chi connectivity index (χ4n) is 2.75. The molecule has 3 rings (SSSR count). The lowest BCUT2D eigenvalue weighted by atomic mass is 10.1. The van der Waals surface area contributed by atoms with Gasteiger partial charge in [0, 0.05) is 36.1 Å². The second-order valence-corrected chi connectivity index (χ2v) is 4.96. The Labute approximate surface area is 106 Å². The van der Waals surface area contributed by atoms with Crippen molar-refractivity contribution in [2.45, 2.75) is 25.8 Å². The van der Waals surface area contributed by atoms with Crippen molar-refractivity contribution in [2.24, 2.45) is 0 Å². The lowest BCUT2D eigenvalue weighted by molar-refractivity contribution is 0.239. The Balaban J connectivity index is 1.90. The number of hydrogen-bond acceptors (Lipinski definition) is 1. The molecule has 4 heteroatoms.